The number of benzene rings is 1. The van der Waals surface area contributed by atoms with Crippen molar-refractivity contribution in [3.05, 3.63) is 34.9 Å². The van der Waals surface area contributed by atoms with Gasteiger partial charge in [0.05, 0.1) is 6.54 Å². The maximum atomic E-state index is 12.0. The molecule has 1 fully saturated rings. The normalized spacial score (nSPS) is 17.2. The second-order valence-electron chi connectivity index (χ2n) is 5.87. The third-order valence-corrected chi connectivity index (χ3v) is 6.08. The van der Waals surface area contributed by atoms with E-state index in [9.17, 15) is 13.2 Å². The van der Waals surface area contributed by atoms with Crippen LogP contribution in [0.2, 0.25) is 5.02 Å². The number of amides is 1. The Balaban J connectivity index is 1.75. The summed E-state index contributed by atoms with van der Waals surface area (Å²) in [5.74, 6) is -0.0751. The Labute approximate surface area is 148 Å². The van der Waals surface area contributed by atoms with Crippen molar-refractivity contribution in [1.29, 1.82) is 0 Å². The smallest absolute Gasteiger partial charge is 0.281 e. The van der Waals surface area contributed by atoms with Gasteiger partial charge < -0.3 is 5.32 Å². The lowest BCUT2D eigenvalue weighted by molar-refractivity contribution is -0.122. The molecule has 0 unspecified atom stereocenters. The van der Waals surface area contributed by atoms with E-state index < -0.39 is 10.2 Å². The average Bonchev–Trinajstić information content (AvgIpc) is 2.54. The summed E-state index contributed by atoms with van der Waals surface area (Å²) in [7, 11) is -0.333. The first-order valence-corrected chi connectivity index (χ1v) is 9.47. The average molecular weight is 375 g/mol. The fourth-order valence-electron chi connectivity index (χ4n) is 2.41. The number of carbonyl (C=O) groups is 1. The number of rotatable bonds is 6. The minimum atomic E-state index is -3.37. The van der Waals surface area contributed by atoms with Gasteiger partial charge in [0.15, 0.2) is 0 Å². The topological polar surface area (TPSA) is 73.0 Å². The molecule has 0 atom stereocenters. The van der Waals surface area contributed by atoms with Crippen molar-refractivity contribution in [2.75, 3.05) is 46.8 Å². The third-order valence-electron chi connectivity index (χ3n) is 3.89. The van der Waals surface area contributed by atoms with E-state index in [2.05, 4.69) is 5.32 Å². The number of carbonyl (C=O) groups excluding carboxylic acids is 1. The second-order valence-corrected chi connectivity index (χ2v) is 8.45. The van der Waals surface area contributed by atoms with E-state index in [0.717, 1.165) is 5.56 Å². The molecule has 7 nitrogen and oxygen atoms in total. The largest absolute Gasteiger partial charge is 0.351 e. The Kier molecular flexibility index (Phi) is 6.59. The highest BCUT2D eigenvalue weighted by Gasteiger charge is 2.28. The lowest BCUT2D eigenvalue weighted by Crippen LogP contribution is -2.53. The lowest BCUT2D eigenvalue weighted by atomic mass is 10.2. The molecule has 1 amide bonds. The molecule has 2 rings (SSSR count). The minimum absolute atomic E-state index is 0.0751. The summed E-state index contributed by atoms with van der Waals surface area (Å²) < 4.78 is 26.7. The van der Waals surface area contributed by atoms with Crippen LogP contribution in [0.5, 0.6) is 0 Å². The van der Waals surface area contributed by atoms with Gasteiger partial charge in [-0.25, -0.2) is 0 Å². The fourth-order valence-corrected chi connectivity index (χ4v) is 3.62. The summed E-state index contributed by atoms with van der Waals surface area (Å²) in [4.78, 5) is 14.0. The van der Waals surface area contributed by atoms with Crippen LogP contribution >= 0.6 is 11.6 Å². The predicted molar refractivity (Wildman–Crippen MR) is 93.9 cm³/mol. The molecule has 1 aromatic rings. The molecule has 1 aliphatic rings. The molecular formula is C15H23ClN4O3S. The first-order chi connectivity index (χ1) is 11.3. The zero-order chi connectivity index (χ0) is 17.7. The summed E-state index contributed by atoms with van der Waals surface area (Å²) in [6, 6.07) is 7.31. The standard InChI is InChI=1S/C15H23ClN4O3S/c1-18(2)24(22,23)20-9-7-19(8-10-20)12-15(21)17-11-13-3-5-14(16)6-4-13/h3-6H,7-12H2,1-2H3,(H,17,21). The molecule has 0 spiro atoms. The van der Waals surface area contributed by atoms with E-state index in [1.54, 1.807) is 12.1 Å². The molecule has 1 aliphatic heterocycles. The van der Waals surface area contributed by atoms with Crippen LogP contribution in [0.4, 0.5) is 0 Å². The van der Waals surface area contributed by atoms with E-state index >= 15 is 0 Å². The van der Waals surface area contributed by atoms with Gasteiger partial charge in [0.25, 0.3) is 10.2 Å². The van der Waals surface area contributed by atoms with Crippen molar-refractivity contribution in [2.45, 2.75) is 6.54 Å². The Morgan fingerprint density at radius 3 is 2.29 bits per heavy atom. The molecule has 1 heterocycles. The molecule has 1 aromatic carbocycles. The van der Waals surface area contributed by atoms with Crippen LogP contribution < -0.4 is 5.32 Å². The summed E-state index contributed by atoms with van der Waals surface area (Å²) >= 11 is 5.82. The zero-order valence-corrected chi connectivity index (χ0v) is 15.5. The number of hydrogen-bond acceptors (Lipinski definition) is 4. The van der Waals surface area contributed by atoms with Crippen LogP contribution in [0.1, 0.15) is 5.56 Å². The lowest BCUT2D eigenvalue weighted by Gasteiger charge is -2.34. The Bertz CT molecular complexity index is 656. The van der Waals surface area contributed by atoms with Crippen molar-refractivity contribution in [2.24, 2.45) is 0 Å². The molecular weight excluding hydrogens is 352 g/mol. The predicted octanol–water partition coefficient (Wildman–Crippen LogP) is 0.380. The van der Waals surface area contributed by atoms with E-state index in [4.69, 9.17) is 11.6 Å². The third kappa shape index (κ3) is 5.15. The van der Waals surface area contributed by atoms with Crippen LogP contribution in [0, 0.1) is 0 Å². The van der Waals surface area contributed by atoms with E-state index in [1.807, 2.05) is 17.0 Å². The van der Waals surface area contributed by atoms with Crippen LogP contribution in [0.3, 0.4) is 0 Å². The molecule has 134 valence electrons. The van der Waals surface area contributed by atoms with Crippen molar-refractivity contribution in [3.63, 3.8) is 0 Å². The number of halogens is 1. The highest BCUT2D eigenvalue weighted by Crippen LogP contribution is 2.10. The highest BCUT2D eigenvalue weighted by molar-refractivity contribution is 7.86. The quantitative estimate of drug-likeness (QED) is 0.781. The van der Waals surface area contributed by atoms with Crippen LogP contribution in [-0.4, -0.2) is 74.7 Å². The summed E-state index contributed by atoms with van der Waals surface area (Å²) in [5.41, 5.74) is 0.981. The monoisotopic (exact) mass is 374 g/mol. The molecule has 0 aliphatic carbocycles. The van der Waals surface area contributed by atoms with E-state index in [1.165, 1.54) is 22.7 Å². The van der Waals surface area contributed by atoms with Gasteiger partial charge in [-0.15, -0.1) is 0 Å². The SMILES string of the molecule is CN(C)S(=O)(=O)N1CCN(CC(=O)NCc2ccc(Cl)cc2)CC1. The van der Waals surface area contributed by atoms with Gasteiger partial charge in [-0.2, -0.15) is 17.0 Å². The fraction of sp³-hybridized carbons (Fsp3) is 0.533. The molecule has 0 radical (unpaired) electrons. The maximum Gasteiger partial charge on any atom is 0.281 e. The van der Waals surface area contributed by atoms with Crippen molar-refractivity contribution >= 4 is 27.7 Å². The van der Waals surface area contributed by atoms with Crippen LogP contribution in [-0.2, 0) is 21.5 Å². The van der Waals surface area contributed by atoms with Gasteiger partial charge in [0.1, 0.15) is 0 Å². The Morgan fingerprint density at radius 1 is 1.17 bits per heavy atom. The number of piperazine rings is 1. The molecule has 1 N–H and O–H groups in total. The van der Waals surface area contributed by atoms with Crippen molar-refractivity contribution < 1.29 is 13.2 Å². The molecule has 0 saturated carbocycles. The highest BCUT2D eigenvalue weighted by atomic mass is 35.5. The van der Waals surface area contributed by atoms with Crippen molar-refractivity contribution in [1.82, 2.24) is 18.8 Å². The minimum Gasteiger partial charge on any atom is -0.351 e. The molecule has 24 heavy (non-hydrogen) atoms. The van der Waals surface area contributed by atoms with Gasteiger partial charge in [-0.05, 0) is 17.7 Å². The van der Waals surface area contributed by atoms with Crippen LogP contribution in [0.15, 0.2) is 24.3 Å². The van der Waals surface area contributed by atoms with Gasteiger partial charge in [0, 0.05) is 51.8 Å². The Morgan fingerprint density at radius 2 is 1.75 bits per heavy atom. The number of nitrogens with one attached hydrogen (secondary N) is 1. The molecule has 1 saturated heterocycles. The molecule has 9 heteroatoms. The van der Waals surface area contributed by atoms with Gasteiger partial charge in [0.2, 0.25) is 5.91 Å². The van der Waals surface area contributed by atoms with Gasteiger partial charge >= 0.3 is 0 Å². The first kappa shape index (κ1) is 19.1. The van der Waals surface area contributed by atoms with Crippen molar-refractivity contribution in [3.8, 4) is 0 Å². The molecule has 0 aromatic heterocycles. The van der Waals surface area contributed by atoms with Gasteiger partial charge in [-0.3, -0.25) is 9.69 Å². The zero-order valence-electron chi connectivity index (χ0n) is 13.9. The molecule has 0 bridgehead atoms. The summed E-state index contributed by atoms with van der Waals surface area (Å²) in [5, 5.41) is 3.52. The summed E-state index contributed by atoms with van der Waals surface area (Å²) in [6.07, 6.45) is 0. The number of hydrogen-bond donors (Lipinski definition) is 1. The van der Waals surface area contributed by atoms with E-state index in [-0.39, 0.29) is 12.5 Å². The second kappa shape index (κ2) is 8.26. The summed E-state index contributed by atoms with van der Waals surface area (Å²) in [6.45, 7) is 2.59. The first-order valence-electron chi connectivity index (χ1n) is 7.70. The van der Waals surface area contributed by atoms with E-state index in [0.29, 0.717) is 37.7 Å². The number of nitrogens with zero attached hydrogens (tertiary/aromatic N) is 3. The Hall–Kier alpha value is -1.19. The van der Waals surface area contributed by atoms with Crippen LogP contribution in [0.25, 0.3) is 0 Å². The van der Waals surface area contributed by atoms with Gasteiger partial charge in [-0.1, -0.05) is 23.7 Å². The maximum absolute atomic E-state index is 12.0.